The zero-order valence-corrected chi connectivity index (χ0v) is 19.0. The number of nitrogens with zero attached hydrogens (tertiary/aromatic N) is 4. The molecule has 10 nitrogen and oxygen atoms in total. The quantitative estimate of drug-likeness (QED) is 0.412. The van der Waals surface area contributed by atoms with Crippen LogP contribution in [0.1, 0.15) is 12.5 Å². The summed E-state index contributed by atoms with van der Waals surface area (Å²) in [5.74, 6) is 1.39. The fourth-order valence-electron chi connectivity index (χ4n) is 3.04. The first-order valence-electron chi connectivity index (χ1n) is 9.96. The van der Waals surface area contributed by atoms with Crippen molar-refractivity contribution >= 4 is 15.7 Å². The third kappa shape index (κ3) is 4.93. The van der Waals surface area contributed by atoms with E-state index in [-0.39, 0.29) is 16.6 Å². The molecule has 0 fully saturated rings. The highest BCUT2D eigenvalue weighted by Gasteiger charge is 2.20. The van der Waals surface area contributed by atoms with Crippen LogP contribution in [-0.4, -0.2) is 42.2 Å². The van der Waals surface area contributed by atoms with Crippen molar-refractivity contribution in [1.82, 2.24) is 20.1 Å². The van der Waals surface area contributed by atoms with Crippen molar-refractivity contribution in [3.8, 4) is 34.6 Å². The number of sulfonamides is 1. The normalized spacial score (nSPS) is 11.2. The molecule has 2 heterocycles. The number of hydrogen-bond donors (Lipinski definition) is 1. The first-order chi connectivity index (χ1) is 15.9. The molecule has 4 aromatic rings. The van der Waals surface area contributed by atoms with Crippen LogP contribution in [0, 0.1) is 6.92 Å². The van der Waals surface area contributed by atoms with E-state index in [4.69, 9.17) is 14.0 Å². The largest absolute Gasteiger partial charge is 0.494 e. The lowest BCUT2D eigenvalue weighted by atomic mass is 10.1. The molecule has 0 aliphatic carbocycles. The van der Waals surface area contributed by atoms with Gasteiger partial charge in [0, 0.05) is 17.3 Å². The number of methoxy groups -OCH3 is 1. The summed E-state index contributed by atoms with van der Waals surface area (Å²) in [5.41, 5.74) is 1.85. The molecule has 0 aliphatic rings. The van der Waals surface area contributed by atoms with Gasteiger partial charge < -0.3 is 14.0 Å². The zero-order valence-electron chi connectivity index (χ0n) is 18.1. The lowest BCUT2D eigenvalue weighted by Gasteiger charge is -2.12. The summed E-state index contributed by atoms with van der Waals surface area (Å²) in [5, 5.41) is 3.93. The third-order valence-corrected chi connectivity index (χ3v) is 6.17. The second-order valence-corrected chi connectivity index (χ2v) is 8.56. The number of benzene rings is 2. The number of nitrogens with one attached hydrogen (secondary N) is 1. The van der Waals surface area contributed by atoms with Gasteiger partial charge in [0.1, 0.15) is 17.8 Å². The zero-order chi connectivity index (χ0) is 23.4. The van der Waals surface area contributed by atoms with Gasteiger partial charge in [0.05, 0.1) is 18.6 Å². The van der Waals surface area contributed by atoms with E-state index in [0.717, 1.165) is 0 Å². The first-order valence-corrected chi connectivity index (χ1v) is 11.4. The maximum atomic E-state index is 13.1. The average Bonchev–Trinajstić information content (AvgIpc) is 3.31. The molecule has 0 amide bonds. The Morgan fingerprint density at radius 1 is 1.06 bits per heavy atom. The summed E-state index contributed by atoms with van der Waals surface area (Å²) in [6, 6.07) is 13.1. The van der Waals surface area contributed by atoms with Crippen LogP contribution >= 0.6 is 0 Å². The second-order valence-electron chi connectivity index (χ2n) is 6.91. The van der Waals surface area contributed by atoms with Crippen molar-refractivity contribution in [2.45, 2.75) is 18.7 Å². The van der Waals surface area contributed by atoms with Crippen molar-refractivity contribution < 1.29 is 22.4 Å². The van der Waals surface area contributed by atoms with Gasteiger partial charge in [-0.2, -0.15) is 4.98 Å². The van der Waals surface area contributed by atoms with Crippen LogP contribution in [0.15, 0.2) is 64.3 Å². The Bertz CT molecular complexity index is 1370. The highest BCUT2D eigenvalue weighted by molar-refractivity contribution is 7.92. The lowest BCUT2D eigenvalue weighted by Crippen LogP contribution is -2.14. The first kappa shape index (κ1) is 22.2. The molecule has 4 rings (SSSR count). The third-order valence-electron chi connectivity index (χ3n) is 4.65. The summed E-state index contributed by atoms with van der Waals surface area (Å²) in [6.07, 6.45) is 1.33. The predicted molar refractivity (Wildman–Crippen MR) is 120 cm³/mol. The highest BCUT2D eigenvalue weighted by Crippen LogP contribution is 2.28. The van der Waals surface area contributed by atoms with Gasteiger partial charge in [0.2, 0.25) is 11.7 Å². The summed E-state index contributed by atoms with van der Waals surface area (Å²) < 4.78 is 44.6. The van der Waals surface area contributed by atoms with Crippen LogP contribution in [0.2, 0.25) is 0 Å². The molecule has 33 heavy (non-hydrogen) atoms. The highest BCUT2D eigenvalue weighted by atomic mass is 32.2. The Balaban J connectivity index is 1.62. The molecule has 0 spiro atoms. The molecule has 0 unspecified atom stereocenters. The van der Waals surface area contributed by atoms with Crippen LogP contribution in [0.25, 0.3) is 23.0 Å². The van der Waals surface area contributed by atoms with Crippen LogP contribution in [0.3, 0.4) is 0 Å². The molecule has 0 atom stereocenters. The number of rotatable bonds is 8. The topological polar surface area (TPSA) is 129 Å². The molecule has 170 valence electrons. The Labute approximate surface area is 190 Å². The molecule has 0 saturated carbocycles. The Morgan fingerprint density at radius 2 is 1.85 bits per heavy atom. The molecule has 0 aliphatic heterocycles. The smallest absolute Gasteiger partial charge is 0.262 e. The van der Waals surface area contributed by atoms with Crippen molar-refractivity contribution in [3.63, 3.8) is 0 Å². The number of ether oxygens (including phenoxy) is 2. The molecule has 11 heteroatoms. The van der Waals surface area contributed by atoms with Crippen molar-refractivity contribution in [2.24, 2.45) is 0 Å². The minimum atomic E-state index is -3.87. The summed E-state index contributed by atoms with van der Waals surface area (Å²) in [7, 11) is -2.38. The number of anilines is 1. The summed E-state index contributed by atoms with van der Waals surface area (Å²) in [4.78, 5) is 12.5. The maximum Gasteiger partial charge on any atom is 0.262 e. The Morgan fingerprint density at radius 3 is 2.58 bits per heavy atom. The van der Waals surface area contributed by atoms with E-state index in [1.54, 1.807) is 49.4 Å². The number of hydrogen-bond acceptors (Lipinski definition) is 9. The summed E-state index contributed by atoms with van der Waals surface area (Å²) in [6.45, 7) is 4.12. The minimum Gasteiger partial charge on any atom is -0.494 e. The minimum absolute atomic E-state index is 0.0948. The lowest BCUT2D eigenvalue weighted by molar-refractivity contribution is 0.340. The predicted octanol–water partition coefficient (Wildman–Crippen LogP) is 3.71. The van der Waals surface area contributed by atoms with Gasteiger partial charge >= 0.3 is 0 Å². The number of aryl methyl sites for hydroxylation is 1. The van der Waals surface area contributed by atoms with Crippen molar-refractivity contribution in [3.05, 3.63) is 60.4 Å². The van der Waals surface area contributed by atoms with Gasteiger partial charge in [0.15, 0.2) is 0 Å². The molecule has 2 aromatic carbocycles. The molecular formula is C22H21N5O5S. The number of aromatic nitrogens is 4. The van der Waals surface area contributed by atoms with Crippen LogP contribution < -0.4 is 14.2 Å². The monoisotopic (exact) mass is 467 g/mol. The SMILES string of the molecule is CCOc1ccc(NS(=O)(=O)c2cc(-c3nc(-c4cc(OC)ncn4)no3)ccc2C)cc1. The van der Waals surface area contributed by atoms with E-state index in [9.17, 15) is 8.42 Å². The van der Waals surface area contributed by atoms with Crippen LogP contribution in [0.4, 0.5) is 5.69 Å². The molecule has 2 aromatic heterocycles. The van der Waals surface area contributed by atoms with Gasteiger partial charge in [-0.25, -0.2) is 18.4 Å². The van der Waals surface area contributed by atoms with Gasteiger partial charge in [-0.1, -0.05) is 11.2 Å². The van der Waals surface area contributed by atoms with Gasteiger partial charge in [-0.15, -0.1) is 0 Å². The van der Waals surface area contributed by atoms with Crippen molar-refractivity contribution in [2.75, 3.05) is 18.4 Å². The molecule has 0 radical (unpaired) electrons. The molecule has 1 N–H and O–H groups in total. The maximum absolute atomic E-state index is 13.1. The van der Waals surface area contributed by atoms with E-state index in [0.29, 0.717) is 40.7 Å². The second kappa shape index (κ2) is 9.25. The molecular weight excluding hydrogens is 446 g/mol. The Kier molecular flexibility index (Phi) is 6.22. The summed E-state index contributed by atoms with van der Waals surface area (Å²) >= 11 is 0. The molecule has 0 bridgehead atoms. The Hall–Kier alpha value is -3.99. The van der Waals surface area contributed by atoms with E-state index in [2.05, 4.69) is 24.8 Å². The van der Waals surface area contributed by atoms with Gasteiger partial charge in [-0.05, 0) is 55.8 Å². The van der Waals surface area contributed by atoms with Gasteiger partial charge in [0.25, 0.3) is 15.9 Å². The molecule has 0 saturated heterocycles. The average molecular weight is 468 g/mol. The van der Waals surface area contributed by atoms with E-state index >= 15 is 0 Å². The van der Waals surface area contributed by atoms with E-state index in [1.165, 1.54) is 19.5 Å². The fourth-order valence-corrected chi connectivity index (χ4v) is 4.37. The van der Waals surface area contributed by atoms with Crippen LogP contribution in [0.5, 0.6) is 11.6 Å². The van der Waals surface area contributed by atoms with Crippen molar-refractivity contribution in [1.29, 1.82) is 0 Å². The van der Waals surface area contributed by atoms with Crippen LogP contribution in [-0.2, 0) is 10.0 Å². The fraction of sp³-hybridized carbons (Fsp3) is 0.182. The van der Waals surface area contributed by atoms with E-state index in [1.807, 2.05) is 6.92 Å². The van der Waals surface area contributed by atoms with E-state index < -0.39 is 10.0 Å². The standard InChI is InChI=1S/C22H21N5O5S/c1-4-31-17-9-7-16(8-10-17)27-33(28,29)19-11-15(6-5-14(19)2)22-25-21(26-32-22)18-12-20(30-3)24-13-23-18/h5-13,27H,4H2,1-3H3. The van der Waals surface area contributed by atoms with Gasteiger partial charge in [-0.3, -0.25) is 4.72 Å².